The number of phenolic OH excluding ortho intramolecular Hbond substituents is 2. The molecule has 0 amide bonds. The van der Waals surface area contributed by atoms with Gasteiger partial charge in [0.1, 0.15) is 11.1 Å². The third-order valence-corrected chi connectivity index (χ3v) is 6.08. The first kappa shape index (κ1) is 17.5. The number of aromatic hydroxyl groups is 2. The lowest BCUT2D eigenvalue weighted by atomic mass is 9.72. The SMILES string of the molecule is CC(C)(C)[C@@H]1CCc2c(sc(N=Cc3ccc(O)c(O)c3)c2C#N)C1. The van der Waals surface area contributed by atoms with Gasteiger partial charge < -0.3 is 10.2 Å². The minimum absolute atomic E-state index is 0.158. The van der Waals surface area contributed by atoms with Gasteiger partial charge in [-0.05, 0) is 59.9 Å². The number of nitrogens with zero attached hydrogens (tertiary/aromatic N) is 2. The van der Waals surface area contributed by atoms with E-state index in [1.54, 1.807) is 23.6 Å². The fourth-order valence-electron chi connectivity index (χ4n) is 3.27. The van der Waals surface area contributed by atoms with Crippen LogP contribution in [0.15, 0.2) is 23.2 Å². The van der Waals surface area contributed by atoms with Crippen LogP contribution in [0.2, 0.25) is 0 Å². The molecule has 2 aromatic rings. The Hall–Kier alpha value is -2.32. The van der Waals surface area contributed by atoms with Crippen molar-refractivity contribution in [3.05, 3.63) is 39.8 Å². The molecule has 3 rings (SSSR count). The van der Waals surface area contributed by atoms with Gasteiger partial charge in [-0.1, -0.05) is 20.8 Å². The molecule has 0 bridgehead atoms. The molecule has 1 aliphatic rings. The number of phenols is 2. The summed E-state index contributed by atoms with van der Waals surface area (Å²) in [6.07, 6.45) is 4.68. The van der Waals surface area contributed by atoms with Gasteiger partial charge in [0, 0.05) is 11.1 Å². The number of thiophene rings is 1. The van der Waals surface area contributed by atoms with Gasteiger partial charge in [-0.25, -0.2) is 4.99 Å². The van der Waals surface area contributed by atoms with E-state index < -0.39 is 0 Å². The number of rotatable bonds is 2. The molecular weight excluding hydrogens is 332 g/mol. The van der Waals surface area contributed by atoms with Crippen molar-refractivity contribution in [2.24, 2.45) is 16.3 Å². The van der Waals surface area contributed by atoms with Crippen LogP contribution < -0.4 is 0 Å². The molecule has 0 fully saturated rings. The Kier molecular flexibility index (Phi) is 4.57. The maximum absolute atomic E-state index is 9.58. The normalized spacial score (nSPS) is 17.4. The highest BCUT2D eigenvalue weighted by atomic mass is 32.1. The van der Waals surface area contributed by atoms with Crippen LogP contribution in [0.1, 0.15) is 48.8 Å². The molecule has 1 aromatic heterocycles. The van der Waals surface area contributed by atoms with E-state index in [1.165, 1.54) is 17.0 Å². The molecule has 4 nitrogen and oxygen atoms in total. The van der Waals surface area contributed by atoms with Crippen LogP contribution in [-0.4, -0.2) is 16.4 Å². The number of aliphatic imine (C=N–C) groups is 1. The largest absolute Gasteiger partial charge is 0.504 e. The van der Waals surface area contributed by atoms with E-state index in [0.29, 0.717) is 17.0 Å². The van der Waals surface area contributed by atoms with Crippen molar-refractivity contribution in [2.45, 2.75) is 40.0 Å². The van der Waals surface area contributed by atoms with Gasteiger partial charge in [-0.2, -0.15) is 5.26 Å². The minimum Gasteiger partial charge on any atom is -0.504 e. The second kappa shape index (κ2) is 6.53. The number of benzene rings is 1. The van der Waals surface area contributed by atoms with Crippen LogP contribution in [0.5, 0.6) is 11.5 Å². The van der Waals surface area contributed by atoms with E-state index in [0.717, 1.165) is 29.8 Å². The van der Waals surface area contributed by atoms with E-state index in [2.05, 4.69) is 31.8 Å². The summed E-state index contributed by atoms with van der Waals surface area (Å²) in [6, 6.07) is 6.87. The van der Waals surface area contributed by atoms with Gasteiger partial charge in [0.05, 0.1) is 5.56 Å². The van der Waals surface area contributed by atoms with Crippen LogP contribution in [-0.2, 0) is 12.8 Å². The monoisotopic (exact) mass is 354 g/mol. The Morgan fingerprint density at radius 2 is 2.04 bits per heavy atom. The molecule has 0 spiro atoms. The summed E-state index contributed by atoms with van der Waals surface area (Å²) < 4.78 is 0. The molecule has 0 aliphatic heterocycles. The zero-order chi connectivity index (χ0) is 18.2. The van der Waals surface area contributed by atoms with Crippen molar-refractivity contribution in [1.29, 1.82) is 5.26 Å². The molecule has 2 N–H and O–H groups in total. The molecular formula is C20H22N2O2S. The Bertz CT molecular complexity index is 869. The summed E-state index contributed by atoms with van der Waals surface area (Å²) in [4.78, 5) is 5.77. The predicted octanol–water partition coefficient (Wildman–Crippen LogP) is 4.93. The van der Waals surface area contributed by atoms with Crippen molar-refractivity contribution < 1.29 is 10.2 Å². The van der Waals surface area contributed by atoms with Crippen molar-refractivity contribution >= 4 is 22.6 Å². The lowest BCUT2D eigenvalue weighted by molar-refractivity contribution is 0.218. The summed E-state index contributed by atoms with van der Waals surface area (Å²) in [6.45, 7) is 6.83. The zero-order valence-electron chi connectivity index (χ0n) is 14.7. The first-order valence-electron chi connectivity index (χ1n) is 8.40. The molecule has 1 aromatic carbocycles. The highest BCUT2D eigenvalue weighted by Crippen LogP contribution is 2.44. The Morgan fingerprint density at radius 3 is 2.68 bits per heavy atom. The molecule has 1 atom stereocenters. The molecule has 0 unspecified atom stereocenters. The van der Waals surface area contributed by atoms with Gasteiger partial charge >= 0.3 is 0 Å². The van der Waals surface area contributed by atoms with Gasteiger partial charge in [0.2, 0.25) is 0 Å². The molecule has 0 saturated heterocycles. The Labute approximate surface area is 152 Å². The fourth-order valence-corrected chi connectivity index (χ4v) is 4.49. The molecule has 0 radical (unpaired) electrons. The standard InChI is InChI=1S/C20H22N2O2S/c1-20(2,3)13-5-6-14-15(10-21)19(25-18(14)9-13)22-11-12-4-7-16(23)17(24)8-12/h4,7-8,11,13,23-24H,5-6,9H2,1-3H3/t13-/m1/s1. The van der Waals surface area contributed by atoms with Crippen LogP contribution in [0.25, 0.3) is 0 Å². The molecule has 1 aliphatic carbocycles. The number of hydrogen-bond acceptors (Lipinski definition) is 5. The molecule has 1 heterocycles. The maximum atomic E-state index is 9.58. The second-order valence-corrected chi connectivity index (χ2v) is 8.69. The molecule has 130 valence electrons. The van der Waals surface area contributed by atoms with Crippen LogP contribution >= 0.6 is 11.3 Å². The van der Waals surface area contributed by atoms with E-state index in [1.807, 2.05) is 0 Å². The quantitative estimate of drug-likeness (QED) is 0.593. The van der Waals surface area contributed by atoms with E-state index in [-0.39, 0.29) is 16.9 Å². The number of fused-ring (bicyclic) bond motifs is 1. The van der Waals surface area contributed by atoms with E-state index in [9.17, 15) is 15.5 Å². The van der Waals surface area contributed by atoms with Gasteiger partial charge in [-0.3, -0.25) is 0 Å². The average molecular weight is 354 g/mol. The van der Waals surface area contributed by atoms with E-state index >= 15 is 0 Å². The average Bonchev–Trinajstić information content (AvgIpc) is 2.91. The first-order valence-corrected chi connectivity index (χ1v) is 9.22. The van der Waals surface area contributed by atoms with Crippen LogP contribution in [0, 0.1) is 22.7 Å². The number of nitriles is 1. The van der Waals surface area contributed by atoms with Gasteiger partial charge in [-0.15, -0.1) is 11.3 Å². The Balaban J connectivity index is 1.91. The van der Waals surface area contributed by atoms with E-state index in [4.69, 9.17) is 0 Å². The van der Waals surface area contributed by atoms with Crippen molar-refractivity contribution in [2.75, 3.05) is 0 Å². The number of hydrogen-bond donors (Lipinski definition) is 2. The smallest absolute Gasteiger partial charge is 0.158 e. The predicted molar refractivity (Wildman–Crippen MR) is 101 cm³/mol. The lowest BCUT2D eigenvalue weighted by Crippen LogP contribution is -2.26. The minimum atomic E-state index is -0.178. The first-order chi connectivity index (χ1) is 11.8. The summed E-state index contributed by atoms with van der Waals surface area (Å²) >= 11 is 1.60. The Morgan fingerprint density at radius 1 is 1.28 bits per heavy atom. The molecule has 5 heteroatoms. The third kappa shape index (κ3) is 3.54. The summed E-state index contributed by atoms with van der Waals surface area (Å²) in [5, 5.41) is 29.3. The van der Waals surface area contributed by atoms with Gasteiger partial charge in [0.15, 0.2) is 11.5 Å². The third-order valence-electron chi connectivity index (χ3n) is 4.91. The topological polar surface area (TPSA) is 76.6 Å². The highest BCUT2D eigenvalue weighted by molar-refractivity contribution is 7.16. The molecule has 25 heavy (non-hydrogen) atoms. The van der Waals surface area contributed by atoms with Crippen molar-refractivity contribution in [3.63, 3.8) is 0 Å². The summed E-state index contributed by atoms with van der Waals surface area (Å²) in [5.74, 6) is 0.286. The van der Waals surface area contributed by atoms with Crippen molar-refractivity contribution in [3.8, 4) is 17.6 Å². The van der Waals surface area contributed by atoms with Crippen LogP contribution in [0.3, 0.4) is 0 Å². The fraction of sp³-hybridized carbons (Fsp3) is 0.400. The highest BCUT2D eigenvalue weighted by Gasteiger charge is 2.32. The summed E-state index contributed by atoms with van der Waals surface area (Å²) in [5.41, 5.74) is 2.79. The van der Waals surface area contributed by atoms with Crippen LogP contribution in [0.4, 0.5) is 5.00 Å². The second-order valence-electron chi connectivity index (χ2n) is 7.61. The van der Waals surface area contributed by atoms with Gasteiger partial charge in [0.25, 0.3) is 0 Å². The van der Waals surface area contributed by atoms with Crippen molar-refractivity contribution in [1.82, 2.24) is 0 Å². The maximum Gasteiger partial charge on any atom is 0.158 e. The molecule has 0 saturated carbocycles. The zero-order valence-corrected chi connectivity index (χ0v) is 15.5. The summed E-state index contributed by atoms with van der Waals surface area (Å²) in [7, 11) is 0. The lowest BCUT2D eigenvalue weighted by Gasteiger charge is -2.33.